The molecule has 16 heavy (non-hydrogen) atoms. The lowest BCUT2D eigenvalue weighted by atomic mass is 10.3. The normalized spacial score (nSPS) is 10.6. The number of aryl methyl sites for hydroxylation is 1. The van der Waals surface area contributed by atoms with Gasteiger partial charge in [-0.3, -0.25) is 4.98 Å². The van der Waals surface area contributed by atoms with Crippen molar-refractivity contribution in [2.45, 2.75) is 19.9 Å². The molecule has 0 aliphatic heterocycles. The number of nitrogens with one attached hydrogen (secondary N) is 1. The Morgan fingerprint density at radius 2 is 2.19 bits per heavy atom. The summed E-state index contributed by atoms with van der Waals surface area (Å²) in [6.45, 7) is 2.89. The van der Waals surface area contributed by atoms with Crippen LogP contribution >= 0.6 is 0 Å². The summed E-state index contributed by atoms with van der Waals surface area (Å²) in [6.07, 6.45) is 6.58. The van der Waals surface area contributed by atoms with Gasteiger partial charge >= 0.3 is 0 Å². The number of nitrogens with zero attached hydrogens (tertiary/aromatic N) is 3. The first-order valence-corrected chi connectivity index (χ1v) is 5.47. The van der Waals surface area contributed by atoms with E-state index >= 15 is 0 Å². The Bertz CT molecular complexity index is 462. The zero-order valence-electron chi connectivity index (χ0n) is 9.64. The molecule has 2 heterocycles. The highest BCUT2D eigenvalue weighted by Gasteiger charge is 2.03. The van der Waals surface area contributed by atoms with E-state index in [9.17, 15) is 0 Å². The van der Waals surface area contributed by atoms with Crippen molar-refractivity contribution < 1.29 is 0 Å². The molecule has 0 aromatic carbocycles. The summed E-state index contributed by atoms with van der Waals surface area (Å²) in [5.41, 5.74) is 2.16. The SMILES string of the molecule is CCc1nccn1-c1ccnc(CNC)c1. The molecule has 4 nitrogen and oxygen atoms in total. The number of pyridine rings is 1. The van der Waals surface area contributed by atoms with Gasteiger partial charge in [-0.1, -0.05) is 6.92 Å². The second-order valence-corrected chi connectivity index (χ2v) is 3.60. The zero-order valence-corrected chi connectivity index (χ0v) is 9.64. The standard InChI is InChI=1S/C12H16N4/c1-3-12-15-6-7-16(12)11-4-5-14-10(8-11)9-13-2/h4-8,13H,3,9H2,1-2H3. The lowest BCUT2D eigenvalue weighted by molar-refractivity contribution is 0.787. The third-order valence-corrected chi connectivity index (χ3v) is 2.47. The van der Waals surface area contributed by atoms with Gasteiger partial charge in [-0.05, 0) is 19.2 Å². The smallest absolute Gasteiger partial charge is 0.112 e. The first-order valence-electron chi connectivity index (χ1n) is 5.47. The second kappa shape index (κ2) is 4.90. The average molecular weight is 216 g/mol. The van der Waals surface area contributed by atoms with Crippen molar-refractivity contribution in [3.63, 3.8) is 0 Å². The maximum absolute atomic E-state index is 4.31. The molecule has 2 aromatic heterocycles. The van der Waals surface area contributed by atoms with Gasteiger partial charge in [0.2, 0.25) is 0 Å². The summed E-state index contributed by atoms with van der Waals surface area (Å²) in [5, 5.41) is 3.10. The summed E-state index contributed by atoms with van der Waals surface area (Å²) in [5.74, 6) is 1.07. The molecular formula is C12H16N4. The van der Waals surface area contributed by atoms with Crippen molar-refractivity contribution in [1.82, 2.24) is 19.9 Å². The summed E-state index contributed by atoms with van der Waals surface area (Å²) < 4.78 is 2.10. The maximum Gasteiger partial charge on any atom is 0.112 e. The molecule has 84 valence electrons. The largest absolute Gasteiger partial charge is 0.314 e. The van der Waals surface area contributed by atoms with E-state index in [1.54, 1.807) is 0 Å². The molecule has 0 unspecified atom stereocenters. The Labute approximate surface area is 95.4 Å². The number of imidazole rings is 1. The Morgan fingerprint density at radius 1 is 1.31 bits per heavy atom. The molecule has 0 fully saturated rings. The second-order valence-electron chi connectivity index (χ2n) is 3.60. The van der Waals surface area contributed by atoms with Crippen LogP contribution in [0.2, 0.25) is 0 Å². The van der Waals surface area contributed by atoms with Gasteiger partial charge in [-0.2, -0.15) is 0 Å². The van der Waals surface area contributed by atoms with Crippen LogP contribution in [0.4, 0.5) is 0 Å². The molecule has 0 radical (unpaired) electrons. The van der Waals surface area contributed by atoms with E-state index in [2.05, 4.69) is 32.8 Å². The van der Waals surface area contributed by atoms with Crippen molar-refractivity contribution in [3.05, 3.63) is 42.2 Å². The Kier molecular flexibility index (Phi) is 3.31. The molecule has 2 aromatic rings. The van der Waals surface area contributed by atoms with Crippen molar-refractivity contribution in [3.8, 4) is 5.69 Å². The summed E-state index contributed by atoms with van der Waals surface area (Å²) in [7, 11) is 1.92. The topological polar surface area (TPSA) is 42.7 Å². The van der Waals surface area contributed by atoms with Crippen LogP contribution < -0.4 is 5.32 Å². The summed E-state index contributed by atoms with van der Waals surface area (Å²) in [4.78, 5) is 8.61. The van der Waals surface area contributed by atoms with Crippen LogP contribution in [-0.4, -0.2) is 21.6 Å². The molecular weight excluding hydrogens is 200 g/mol. The lowest BCUT2D eigenvalue weighted by Gasteiger charge is -2.07. The fraction of sp³-hybridized carbons (Fsp3) is 0.333. The monoisotopic (exact) mass is 216 g/mol. The molecule has 0 bridgehead atoms. The number of aromatic nitrogens is 3. The fourth-order valence-corrected chi connectivity index (χ4v) is 1.72. The van der Waals surface area contributed by atoms with Crippen molar-refractivity contribution in [2.75, 3.05) is 7.05 Å². The van der Waals surface area contributed by atoms with E-state index in [0.29, 0.717) is 0 Å². The van der Waals surface area contributed by atoms with Gasteiger partial charge in [0, 0.05) is 31.6 Å². The van der Waals surface area contributed by atoms with Gasteiger partial charge in [0.05, 0.1) is 11.4 Å². The first-order chi connectivity index (χ1) is 7.85. The van der Waals surface area contributed by atoms with Gasteiger partial charge in [0.25, 0.3) is 0 Å². The van der Waals surface area contributed by atoms with E-state index in [-0.39, 0.29) is 0 Å². The Hall–Kier alpha value is -1.68. The highest BCUT2D eigenvalue weighted by Crippen LogP contribution is 2.11. The van der Waals surface area contributed by atoms with E-state index in [0.717, 1.165) is 30.2 Å². The Morgan fingerprint density at radius 3 is 2.94 bits per heavy atom. The van der Waals surface area contributed by atoms with Gasteiger partial charge in [0.15, 0.2) is 0 Å². The summed E-state index contributed by atoms with van der Waals surface area (Å²) >= 11 is 0. The van der Waals surface area contributed by atoms with Crippen LogP contribution in [0.3, 0.4) is 0 Å². The average Bonchev–Trinajstić information content (AvgIpc) is 2.78. The highest BCUT2D eigenvalue weighted by atomic mass is 15.1. The third kappa shape index (κ3) is 2.12. The zero-order chi connectivity index (χ0) is 11.4. The van der Waals surface area contributed by atoms with Crippen LogP contribution in [0.5, 0.6) is 0 Å². The predicted molar refractivity (Wildman–Crippen MR) is 63.5 cm³/mol. The minimum absolute atomic E-state index is 0.782. The Balaban J connectivity index is 2.36. The minimum atomic E-state index is 0.782. The van der Waals surface area contributed by atoms with Crippen molar-refractivity contribution in [2.24, 2.45) is 0 Å². The van der Waals surface area contributed by atoms with Gasteiger partial charge in [0.1, 0.15) is 5.82 Å². The molecule has 0 saturated carbocycles. The molecule has 0 amide bonds. The highest BCUT2D eigenvalue weighted by molar-refractivity contribution is 5.33. The molecule has 1 N–H and O–H groups in total. The maximum atomic E-state index is 4.31. The predicted octanol–water partition coefficient (Wildman–Crippen LogP) is 1.55. The minimum Gasteiger partial charge on any atom is -0.314 e. The van der Waals surface area contributed by atoms with Gasteiger partial charge in [-0.25, -0.2) is 4.98 Å². The molecule has 4 heteroatoms. The quantitative estimate of drug-likeness (QED) is 0.843. The van der Waals surface area contributed by atoms with Crippen LogP contribution in [0.1, 0.15) is 18.4 Å². The van der Waals surface area contributed by atoms with E-state index in [1.165, 1.54) is 0 Å². The number of hydrogen-bond donors (Lipinski definition) is 1. The molecule has 0 spiro atoms. The molecule has 0 atom stereocenters. The fourth-order valence-electron chi connectivity index (χ4n) is 1.72. The van der Waals surface area contributed by atoms with E-state index in [4.69, 9.17) is 0 Å². The lowest BCUT2D eigenvalue weighted by Crippen LogP contribution is -2.08. The summed E-state index contributed by atoms with van der Waals surface area (Å²) in [6, 6.07) is 4.08. The molecule has 2 rings (SSSR count). The van der Waals surface area contributed by atoms with E-state index in [1.807, 2.05) is 31.7 Å². The first kappa shape index (κ1) is 10.8. The van der Waals surface area contributed by atoms with Crippen molar-refractivity contribution in [1.29, 1.82) is 0 Å². The van der Waals surface area contributed by atoms with Gasteiger partial charge < -0.3 is 9.88 Å². The third-order valence-electron chi connectivity index (χ3n) is 2.47. The molecule has 0 saturated heterocycles. The molecule has 0 aliphatic rings. The van der Waals surface area contributed by atoms with Crippen LogP contribution in [-0.2, 0) is 13.0 Å². The van der Waals surface area contributed by atoms with Crippen LogP contribution in [0.15, 0.2) is 30.7 Å². The van der Waals surface area contributed by atoms with Crippen molar-refractivity contribution >= 4 is 0 Å². The number of hydrogen-bond acceptors (Lipinski definition) is 3. The molecule has 0 aliphatic carbocycles. The number of rotatable bonds is 4. The van der Waals surface area contributed by atoms with E-state index < -0.39 is 0 Å². The van der Waals surface area contributed by atoms with Crippen LogP contribution in [0, 0.1) is 0 Å². The van der Waals surface area contributed by atoms with Gasteiger partial charge in [-0.15, -0.1) is 0 Å². The van der Waals surface area contributed by atoms with Crippen LogP contribution in [0.25, 0.3) is 5.69 Å².